The first kappa shape index (κ1) is 15.9. The number of hydrogen-bond acceptors (Lipinski definition) is 4. The van der Waals surface area contributed by atoms with Crippen molar-refractivity contribution in [3.63, 3.8) is 0 Å². The summed E-state index contributed by atoms with van der Waals surface area (Å²) in [5, 5.41) is 16.3. The van der Waals surface area contributed by atoms with Crippen LogP contribution in [0.3, 0.4) is 0 Å². The third kappa shape index (κ3) is 5.06. The first-order chi connectivity index (χ1) is 10.0. The Morgan fingerprint density at radius 3 is 2.67 bits per heavy atom. The van der Waals surface area contributed by atoms with Crippen LogP contribution in [0.4, 0.5) is 4.39 Å². The van der Waals surface area contributed by atoms with Crippen LogP contribution in [-0.2, 0) is 4.79 Å². The number of amides is 1. The van der Waals surface area contributed by atoms with E-state index in [-0.39, 0.29) is 11.9 Å². The molecule has 0 bridgehead atoms. The summed E-state index contributed by atoms with van der Waals surface area (Å²) in [5.74, 6) is -0.428. The smallest absolute Gasteiger partial charge is 0.217 e. The quantitative estimate of drug-likeness (QED) is 0.765. The van der Waals surface area contributed by atoms with Crippen LogP contribution >= 0.6 is 0 Å². The molecule has 1 saturated carbocycles. The van der Waals surface area contributed by atoms with E-state index in [1.54, 1.807) is 0 Å². The maximum absolute atomic E-state index is 13.0. The van der Waals surface area contributed by atoms with Gasteiger partial charge in [0.05, 0.1) is 12.3 Å². The third-order valence-corrected chi connectivity index (χ3v) is 3.85. The second-order valence-electron chi connectivity index (χ2n) is 5.61. The van der Waals surface area contributed by atoms with Gasteiger partial charge in [-0.2, -0.15) is 0 Å². The molecule has 0 radical (unpaired) electrons. The lowest BCUT2D eigenvalue weighted by atomic mass is 9.91. The zero-order chi connectivity index (χ0) is 15.2. The average Bonchev–Trinajstić information content (AvgIpc) is 2.45. The first-order valence-electron chi connectivity index (χ1n) is 7.33. The Balaban J connectivity index is 1.73. The van der Waals surface area contributed by atoms with Crippen molar-refractivity contribution < 1.29 is 14.3 Å². The number of hydrogen-bond donors (Lipinski definition) is 3. The number of carbonyl (C=O) groups excluding carboxylic acids is 1. The number of nitrogens with one attached hydrogen (secondary N) is 2. The zero-order valence-electron chi connectivity index (χ0n) is 12.2. The number of nitrogens with zero attached hydrogens (tertiary/aromatic N) is 1. The predicted octanol–water partition coefficient (Wildman–Crippen LogP) is 1.29. The Hall–Kier alpha value is -1.53. The van der Waals surface area contributed by atoms with Gasteiger partial charge in [0.15, 0.2) is 0 Å². The number of halogens is 1. The normalized spacial score (nSPS) is 23.6. The molecule has 0 aromatic carbocycles. The van der Waals surface area contributed by atoms with Gasteiger partial charge in [0.25, 0.3) is 0 Å². The van der Waals surface area contributed by atoms with Gasteiger partial charge in [-0.15, -0.1) is 0 Å². The van der Waals surface area contributed by atoms with Gasteiger partial charge in [-0.3, -0.25) is 9.78 Å². The number of rotatable bonds is 5. The Morgan fingerprint density at radius 1 is 1.38 bits per heavy atom. The van der Waals surface area contributed by atoms with Crippen molar-refractivity contribution in [1.29, 1.82) is 0 Å². The lowest BCUT2D eigenvalue weighted by Gasteiger charge is -2.30. The maximum Gasteiger partial charge on any atom is 0.217 e. The monoisotopic (exact) mass is 295 g/mol. The third-order valence-electron chi connectivity index (χ3n) is 3.85. The van der Waals surface area contributed by atoms with Crippen LogP contribution in [-0.4, -0.2) is 34.6 Å². The number of carbonyl (C=O) groups is 1. The van der Waals surface area contributed by atoms with E-state index in [0.717, 1.165) is 31.9 Å². The molecule has 1 amide bonds. The first-order valence-corrected chi connectivity index (χ1v) is 7.33. The van der Waals surface area contributed by atoms with Gasteiger partial charge < -0.3 is 15.7 Å². The average molecular weight is 295 g/mol. The van der Waals surface area contributed by atoms with Crippen molar-refractivity contribution in [2.45, 2.75) is 50.8 Å². The molecule has 1 aliphatic rings. The van der Waals surface area contributed by atoms with Gasteiger partial charge in [-0.05, 0) is 31.7 Å². The topological polar surface area (TPSA) is 74.2 Å². The van der Waals surface area contributed by atoms with Crippen LogP contribution in [0.1, 0.15) is 44.3 Å². The van der Waals surface area contributed by atoms with Crippen molar-refractivity contribution in [3.05, 3.63) is 29.8 Å². The Labute approximate surface area is 124 Å². The summed E-state index contributed by atoms with van der Waals surface area (Å²) in [7, 11) is 0. The number of aromatic nitrogens is 1. The Morgan fingerprint density at radius 2 is 2.05 bits per heavy atom. The zero-order valence-corrected chi connectivity index (χ0v) is 12.2. The van der Waals surface area contributed by atoms with Crippen molar-refractivity contribution >= 4 is 5.91 Å². The van der Waals surface area contributed by atoms with Gasteiger partial charge in [-0.25, -0.2) is 4.39 Å². The molecule has 0 aliphatic heterocycles. The van der Waals surface area contributed by atoms with Crippen molar-refractivity contribution in [2.75, 3.05) is 6.54 Å². The highest BCUT2D eigenvalue weighted by Gasteiger charge is 2.22. The number of pyridine rings is 1. The lowest BCUT2D eigenvalue weighted by Crippen LogP contribution is -2.42. The molecule has 21 heavy (non-hydrogen) atoms. The summed E-state index contributed by atoms with van der Waals surface area (Å²) in [4.78, 5) is 14.7. The highest BCUT2D eigenvalue weighted by Crippen LogP contribution is 2.19. The second kappa shape index (κ2) is 7.47. The SMILES string of the molecule is CC(=O)NC1CCC(NC[C@H](O)c2cncc(F)c2)CC1. The van der Waals surface area contributed by atoms with Crippen LogP contribution in [0, 0.1) is 5.82 Å². The molecule has 1 aliphatic carbocycles. The predicted molar refractivity (Wildman–Crippen MR) is 77.0 cm³/mol. The molecule has 1 atom stereocenters. The van der Waals surface area contributed by atoms with Gasteiger partial charge in [0.2, 0.25) is 5.91 Å². The van der Waals surface area contributed by atoms with E-state index in [1.807, 2.05) is 0 Å². The van der Waals surface area contributed by atoms with E-state index in [4.69, 9.17) is 0 Å². The highest BCUT2D eigenvalue weighted by atomic mass is 19.1. The Bertz CT molecular complexity index is 476. The molecule has 1 aromatic heterocycles. The van der Waals surface area contributed by atoms with E-state index in [0.29, 0.717) is 18.2 Å². The fourth-order valence-electron chi connectivity index (χ4n) is 2.74. The molecule has 1 fully saturated rings. The van der Waals surface area contributed by atoms with Crippen LogP contribution < -0.4 is 10.6 Å². The van der Waals surface area contributed by atoms with Crippen LogP contribution in [0.5, 0.6) is 0 Å². The number of aliphatic hydroxyl groups excluding tert-OH is 1. The minimum atomic E-state index is -0.763. The van der Waals surface area contributed by atoms with Gasteiger partial charge >= 0.3 is 0 Å². The summed E-state index contributed by atoms with van der Waals surface area (Å²) in [5.41, 5.74) is 0.481. The molecule has 2 rings (SSSR count). The fourth-order valence-corrected chi connectivity index (χ4v) is 2.74. The van der Waals surface area contributed by atoms with Crippen LogP contribution in [0.25, 0.3) is 0 Å². The maximum atomic E-state index is 13.0. The summed E-state index contributed by atoms with van der Waals surface area (Å²) < 4.78 is 13.0. The van der Waals surface area contributed by atoms with Crippen LogP contribution in [0.2, 0.25) is 0 Å². The largest absolute Gasteiger partial charge is 0.387 e. The molecule has 0 unspecified atom stereocenters. The van der Waals surface area contributed by atoms with E-state index >= 15 is 0 Å². The molecule has 5 nitrogen and oxygen atoms in total. The van der Waals surface area contributed by atoms with E-state index < -0.39 is 11.9 Å². The highest BCUT2D eigenvalue weighted by molar-refractivity contribution is 5.73. The molecule has 1 heterocycles. The molecular formula is C15H22FN3O2. The second-order valence-corrected chi connectivity index (χ2v) is 5.61. The van der Waals surface area contributed by atoms with E-state index in [2.05, 4.69) is 15.6 Å². The molecule has 0 saturated heterocycles. The van der Waals surface area contributed by atoms with E-state index in [1.165, 1.54) is 19.2 Å². The standard InChI is InChI=1S/C15H22FN3O2/c1-10(20)19-14-4-2-13(3-5-14)18-9-15(21)11-6-12(16)8-17-7-11/h6-8,13-15,18,21H,2-5,9H2,1H3,(H,19,20)/t13?,14?,15-/m0/s1. The molecule has 3 N–H and O–H groups in total. The summed E-state index contributed by atoms with van der Waals surface area (Å²) in [6, 6.07) is 1.89. The minimum absolute atomic E-state index is 0.0143. The number of aliphatic hydroxyl groups is 1. The molecule has 0 spiro atoms. The lowest BCUT2D eigenvalue weighted by molar-refractivity contribution is -0.119. The van der Waals surface area contributed by atoms with Gasteiger partial charge in [0, 0.05) is 37.3 Å². The molecule has 1 aromatic rings. The summed E-state index contributed by atoms with van der Waals surface area (Å²) >= 11 is 0. The van der Waals surface area contributed by atoms with Crippen molar-refractivity contribution in [1.82, 2.24) is 15.6 Å². The van der Waals surface area contributed by atoms with Gasteiger partial charge in [-0.1, -0.05) is 0 Å². The van der Waals surface area contributed by atoms with Gasteiger partial charge in [0.1, 0.15) is 5.82 Å². The van der Waals surface area contributed by atoms with Crippen LogP contribution in [0.15, 0.2) is 18.5 Å². The molecule has 6 heteroatoms. The summed E-state index contributed by atoms with van der Waals surface area (Å²) in [6.45, 7) is 1.91. The fraction of sp³-hybridized carbons (Fsp3) is 0.600. The van der Waals surface area contributed by atoms with Crippen molar-refractivity contribution in [3.8, 4) is 0 Å². The summed E-state index contributed by atoms with van der Waals surface area (Å²) in [6.07, 6.45) is 5.62. The molecule has 116 valence electrons. The molecular weight excluding hydrogens is 273 g/mol. The van der Waals surface area contributed by atoms with Crippen molar-refractivity contribution in [2.24, 2.45) is 0 Å². The minimum Gasteiger partial charge on any atom is -0.387 e. The Kier molecular flexibility index (Phi) is 5.64. The van der Waals surface area contributed by atoms with E-state index in [9.17, 15) is 14.3 Å².